The summed E-state index contributed by atoms with van der Waals surface area (Å²) in [7, 11) is 0. The van der Waals surface area contributed by atoms with Gasteiger partial charge in [0.05, 0.1) is 12.0 Å². The molecule has 110 valence electrons. The lowest BCUT2D eigenvalue weighted by Gasteiger charge is -2.27. The smallest absolute Gasteiger partial charge is 0.306 e. The average molecular weight is 270 g/mol. The van der Waals surface area contributed by atoms with E-state index in [1.54, 1.807) is 0 Å². The first-order valence-corrected chi connectivity index (χ1v) is 7.28. The molecule has 0 aromatic heterocycles. The van der Waals surface area contributed by atoms with Gasteiger partial charge in [0.15, 0.2) is 0 Å². The van der Waals surface area contributed by atoms with Crippen LogP contribution in [0.15, 0.2) is 0 Å². The van der Waals surface area contributed by atoms with Crippen LogP contribution >= 0.6 is 0 Å². The Morgan fingerprint density at radius 2 is 1.89 bits per heavy atom. The van der Waals surface area contributed by atoms with Gasteiger partial charge in [-0.2, -0.15) is 0 Å². The molecule has 0 aromatic rings. The summed E-state index contributed by atoms with van der Waals surface area (Å²) >= 11 is 0. The van der Waals surface area contributed by atoms with Crippen molar-refractivity contribution in [3.05, 3.63) is 0 Å². The van der Waals surface area contributed by atoms with Gasteiger partial charge in [-0.15, -0.1) is 0 Å². The van der Waals surface area contributed by atoms with E-state index in [4.69, 9.17) is 5.11 Å². The van der Waals surface area contributed by atoms with Crippen molar-refractivity contribution in [1.29, 1.82) is 0 Å². The van der Waals surface area contributed by atoms with Crippen LogP contribution in [0.1, 0.15) is 46.0 Å². The molecule has 5 nitrogen and oxygen atoms in total. The van der Waals surface area contributed by atoms with Crippen molar-refractivity contribution >= 4 is 11.9 Å². The summed E-state index contributed by atoms with van der Waals surface area (Å²) in [5, 5.41) is 15.0. The van der Waals surface area contributed by atoms with Crippen LogP contribution in [-0.4, -0.2) is 36.1 Å². The first-order chi connectivity index (χ1) is 9.04. The van der Waals surface area contributed by atoms with Crippen molar-refractivity contribution < 1.29 is 14.7 Å². The Morgan fingerprint density at radius 3 is 2.42 bits per heavy atom. The highest BCUT2D eigenvalue weighted by Crippen LogP contribution is 2.28. The second kappa shape index (κ2) is 8.15. The summed E-state index contributed by atoms with van der Waals surface area (Å²) in [6.45, 7) is 5.41. The molecule has 5 heteroatoms. The summed E-state index contributed by atoms with van der Waals surface area (Å²) < 4.78 is 0. The molecule has 1 unspecified atom stereocenters. The van der Waals surface area contributed by atoms with E-state index in [0.29, 0.717) is 12.5 Å². The molecule has 0 saturated heterocycles. The number of nitrogens with one attached hydrogen (secondary N) is 2. The molecule has 0 aliphatic heterocycles. The van der Waals surface area contributed by atoms with Gasteiger partial charge in [0.25, 0.3) is 0 Å². The van der Waals surface area contributed by atoms with Crippen molar-refractivity contribution in [1.82, 2.24) is 10.6 Å². The molecule has 1 saturated carbocycles. The van der Waals surface area contributed by atoms with Gasteiger partial charge in [0.1, 0.15) is 0 Å². The predicted molar refractivity (Wildman–Crippen MR) is 73.8 cm³/mol. The molecule has 19 heavy (non-hydrogen) atoms. The fraction of sp³-hybridized carbons (Fsp3) is 0.857. The molecule has 1 fully saturated rings. The normalized spacial score (nSPS) is 24.7. The molecule has 0 spiro atoms. The molecule has 1 atom stereocenters. The number of carboxylic acid groups (broad SMARTS) is 1. The van der Waals surface area contributed by atoms with Crippen molar-refractivity contribution in [3.63, 3.8) is 0 Å². The first kappa shape index (κ1) is 16.0. The zero-order valence-corrected chi connectivity index (χ0v) is 11.9. The first-order valence-electron chi connectivity index (χ1n) is 7.28. The predicted octanol–water partition coefficient (Wildman–Crippen LogP) is 1.38. The molecule has 0 radical (unpaired) electrons. The van der Waals surface area contributed by atoms with E-state index < -0.39 is 5.97 Å². The maximum atomic E-state index is 11.7. The summed E-state index contributed by atoms with van der Waals surface area (Å²) in [6, 6.07) is -0.177. The van der Waals surface area contributed by atoms with Gasteiger partial charge in [0.2, 0.25) is 5.91 Å². The van der Waals surface area contributed by atoms with E-state index in [0.717, 1.165) is 38.6 Å². The van der Waals surface area contributed by atoms with Gasteiger partial charge in [0, 0.05) is 6.54 Å². The second-order valence-electron chi connectivity index (χ2n) is 5.48. The Kier molecular flexibility index (Phi) is 6.84. The van der Waals surface area contributed by atoms with E-state index in [1.165, 1.54) is 0 Å². The van der Waals surface area contributed by atoms with E-state index in [1.807, 2.05) is 13.8 Å². The Labute approximate surface area is 115 Å². The topological polar surface area (TPSA) is 78.4 Å². The lowest BCUT2D eigenvalue weighted by Crippen LogP contribution is -2.44. The molecule has 1 amide bonds. The van der Waals surface area contributed by atoms with Crippen LogP contribution in [0.4, 0.5) is 0 Å². The van der Waals surface area contributed by atoms with Crippen molar-refractivity contribution in [3.8, 4) is 0 Å². The molecular formula is C14H26N2O3. The van der Waals surface area contributed by atoms with Gasteiger partial charge < -0.3 is 15.7 Å². The number of hydrogen-bond acceptors (Lipinski definition) is 3. The van der Waals surface area contributed by atoms with Crippen LogP contribution < -0.4 is 10.6 Å². The van der Waals surface area contributed by atoms with Crippen molar-refractivity contribution in [2.75, 3.05) is 13.1 Å². The largest absolute Gasteiger partial charge is 0.481 e. The quantitative estimate of drug-likeness (QED) is 0.653. The lowest BCUT2D eigenvalue weighted by atomic mass is 9.82. The zero-order valence-electron chi connectivity index (χ0n) is 11.9. The zero-order chi connectivity index (χ0) is 14.3. The van der Waals surface area contributed by atoms with Crippen LogP contribution in [0.2, 0.25) is 0 Å². The second-order valence-corrected chi connectivity index (χ2v) is 5.48. The number of amides is 1. The fourth-order valence-corrected chi connectivity index (χ4v) is 2.45. The summed E-state index contributed by atoms with van der Waals surface area (Å²) in [5.74, 6) is -0.293. The summed E-state index contributed by atoms with van der Waals surface area (Å²) in [4.78, 5) is 22.5. The number of carboxylic acids is 1. The lowest BCUT2D eigenvalue weighted by molar-refractivity contribution is -0.143. The Morgan fingerprint density at radius 1 is 1.26 bits per heavy atom. The third-order valence-electron chi connectivity index (χ3n) is 3.85. The van der Waals surface area contributed by atoms with Gasteiger partial charge in [-0.25, -0.2) is 0 Å². The van der Waals surface area contributed by atoms with Crippen LogP contribution in [0.5, 0.6) is 0 Å². The van der Waals surface area contributed by atoms with Gasteiger partial charge in [-0.3, -0.25) is 9.59 Å². The van der Waals surface area contributed by atoms with Gasteiger partial charge in [-0.05, 0) is 51.5 Å². The minimum Gasteiger partial charge on any atom is -0.481 e. The molecule has 1 aliphatic carbocycles. The standard InChI is InChI=1S/C14H26N2O3/c1-3-8-15-13(17)10(2)16-9-11-4-6-12(7-5-11)14(18)19/h10-12,16H,3-9H2,1-2H3,(H,15,17)(H,18,19). The highest BCUT2D eigenvalue weighted by molar-refractivity contribution is 5.81. The third kappa shape index (κ3) is 5.59. The molecule has 0 aromatic carbocycles. The third-order valence-corrected chi connectivity index (χ3v) is 3.85. The average Bonchev–Trinajstić information content (AvgIpc) is 2.42. The highest BCUT2D eigenvalue weighted by atomic mass is 16.4. The minimum absolute atomic E-state index is 0.0427. The Balaban J connectivity index is 2.19. The Bertz CT molecular complexity index is 299. The molecule has 0 bridgehead atoms. The summed E-state index contributed by atoms with van der Waals surface area (Å²) in [6.07, 6.45) is 4.34. The summed E-state index contributed by atoms with van der Waals surface area (Å²) in [5.41, 5.74) is 0. The minimum atomic E-state index is -0.668. The van der Waals surface area contributed by atoms with Crippen LogP contribution in [0.3, 0.4) is 0 Å². The van der Waals surface area contributed by atoms with Crippen LogP contribution in [-0.2, 0) is 9.59 Å². The van der Waals surface area contributed by atoms with E-state index in [-0.39, 0.29) is 17.9 Å². The number of hydrogen-bond donors (Lipinski definition) is 3. The molecule has 3 N–H and O–H groups in total. The van der Waals surface area contributed by atoms with Gasteiger partial charge in [-0.1, -0.05) is 6.92 Å². The molecule has 0 heterocycles. The number of aliphatic carboxylic acids is 1. The highest BCUT2D eigenvalue weighted by Gasteiger charge is 2.26. The van der Waals surface area contributed by atoms with E-state index in [2.05, 4.69) is 10.6 Å². The van der Waals surface area contributed by atoms with E-state index >= 15 is 0 Å². The maximum Gasteiger partial charge on any atom is 0.306 e. The number of rotatable bonds is 7. The Hall–Kier alpha value is -1.10. The van der Waals surface area contributed by atoms with Crippen LogP contribution in [0, 0.1) is 11.8 Å². The SMILES string of the molecule is CCCNC(=O)C(C)NCC1CCC(C(=O)O)CC1. The monoisotopic (exact) mass is 270 g/mol. The maximum absolute atomic E-state index is 11.7. The van der Waals surface area contributed by atoms with E-state index in [9.17, 15) is 9.59 Å². The van der Waals surface area contributed by atoms with Crippen molar-refractivity contribution in [2.24, 2.45) is 11.8 Å². The molecule has 1 rings (SSSR count). The molecule has 1 aliphatic rings. The van der Waals surface area contributed by atoms with Gasteiger partial charge >= 0.3 is 5.97 Å². The number of carbonyl (C=O) groups excluding carboxylic acids is 1. The van der Waals surface area contributed by atoms with Crippen molar-refractivity contribution in [2.45, 2.75) is 52.0 Å². The fourth-order valence-electron chi connectivity index (χ4n) is 2.45. The van der Waals surface area contributed by atoms with Crippen LogP contribution in [0.25, 0.3) is 0 Å². The molecular weight excluding hydrogens is 244 g/mol. The number of carbonyl (C=O) groups is 2.